The topological polar surface area (TPSA) is 86.1 Å². The second-order valence-corrected chi connectivity index (χ2v) is 16.2. The Morgan fingerprint density at radius 1 is 0.644 bits per heavy atom. The van der Waals surface area contributed by atoms with Crippen LogP contribution in [0.4, 0.5) is 11.4 Å². The Morgan fingerprint density at radius 2 is 1.27 bits per heavy atom. The maximum absolute atomic E-state index is 13.2. The maximum Gasteiger partial charge on any atom is 0.261 e. The lowest BCUT2D eigenvalue weighted by atomic mass is 9.94. The number of para-hydroxylation sites is 2. The average Bonchev–Trinajstić information content (AvgIpc) is 3.26. The van der Waals surface area contributed by atoms with Gasteiger partial charge in [-0.3, -0.25) is 24.4 Å². The minimum Gasteiger partial charge on any atom is -0.354 e. The van der Waals surface area contributed by atoms with Gasteiger partial charge in [-0.1, -0.05) is 72.4 Å². The molecule has 298 valence electrons. The molecule has 9 rings (SSSR count). The van der Waals surface area contributed by atoms with Crippen molar-refractivity contribution in [3.8, 4) is 17.1 Å². The fourth-order valence-corrected chi connectivity index (χ4v) is 8.67. The monoisotopic (exact) mass is 821 g/mol. The average molecular weight is 823 g/mol. The predicted octanol–water partition coefficient (Wildman–Crippen LogP) is 9.71. The van der Waals surface area contributed by atoms with Crippen LogP contribution in [0.5, 0.6) is 0 Å². The molecule has 3 aliphatic heterocycles. The van der Waals surface area contributed by atoms with Crippen LogP contribution in [-0.4, -0.2) is 88.4 Å². The number of rotatable bonds is 13. The van der Waals surface area contributed by atoms with Crippen LogP contribution < -0.4 is 10.7 Å². The zero-order chi connectivity index (χ0) is 40.3. The summed E-state index contributed by atoms with van der Waals surface area (Å²) >= 11 is 12.5. The lowest BCUT2D eigenvalue weighted by Crippen LogP contribution is -2.47. The third-order valence-electron chi connectivity index (χ3n) is 11.5. The standard InChI is InChI=1S/C48H45Cl2N7O2/c49-34-15-19-36(20-16-34)52-42-31-43-45(57(37-21-17-35(50)18-22-37)44-14-4-3-13-40(44)53-43)32-41(42)51-23-26-55-29-27-54(28-30-55)24-5-1-2-6-25-56-47(58)38-11-7-9-33-10-8-12-39(46(33)38)48(56)59/h3-4,7-22,31-32,52H,1-2,5-6,23-30H2. The van der Waals surface area contributed by atoms with Crippen molar-refractivity contribution in [2.75, 3.05) is 57.7 Å². The molecule has 0 spiro atoms. The third kappa shape index (κ3) is 8.34. The quantitative estimate of drug-likeness (QED) is 0.0709. The summed E-state index contributed by atoms with van der Waals surface area (Å²) in [6.45, 7) is 7.11. The number of carbonyl (C=O) groups is 2. The molecule has 1 N–H and O–H groups in total. The summed E-state index contributed by atoms with van der Waals surface area (Å²) in [5.74, 6) is -0.351. The number of nitrogens with zero attached hydrogens (tertiary/aromatic N) is 6. The van der Waals surface area contributed by atoms with Gasteiger partial charge in [-0.2, -0.15) is 0 Å². The Bertz CT molecular complexity index is 2640. The molecule has 5 aromatic carbocycles. The first-order valence-corrected chi connectivity index (χ1v) is 21.2. The first-order valence-electron chi connectivity index (χ1n) is 20.5. The fraction of sp³-hybridized carbons (Fsp3) is 0.250. The van der Waals surface area contributed by atoms with Crippen LogP contribution in [0.25, 0.3) is 38.9 Å². The Kier molecular flexibility index (Phi) is 11.4. The summed E-state index contributed by atoms with van der Waals surface area (Å²) in [6.07, 6.45) is 3.98. The maximum atomic E-state index is 13.2. The summed E-state index contributed by atoms with van der Waals surface area (Å²) in [5, 5.41) is 7.54. The summed E-state index contributed by atoms with van der Waals surface area (Å²) < 4.78 is 2.23. The van der Waals surface area contributed by atoms with E-state index in [-0.39, 0.29) is 11.8 Å². The first-order chi connectivity index (χ1) is 28.9. The third-order valence-corrected chi connectivity index (χ3v) is 12.0. The molecular weight excluding hydrogens is 777 g/mol. The molecule has 0 aromatic heterocycles. The number of benzene rings is 6. The second-order valence-electron chi connectivity index (χ2n) is 15.4. The summed E-state index contributed by atoms with van der Waals surface area (Å²) in [4.78, 5) is 43.2. The molecule has 1 fully saturated rings. The SMILES string of the molecule is O=C1c2cccc3cccc(c23)C(=O)N1CCCCCCN1CCN(CCN=c2cc3n(-c4ccc(Cl)cc4)c4ccccc4nc-3cc2Nc2ccc(Cl)cc2)CC1. The van der Waals surface area contributed by atoms with Crippen LogP contribution >= 0.6 is 23.2 Å². The van der Waals surface area contributed by atoms with Crippen molar-refractivity contribution in [2.24, 2.45) is 4.99 Å². The number of aromatic nitrogens is 2. The molecule has 9 nitrogen and oxygen atoms in total. The number of anilines is 2. The van der Waals surface area contributed by atoms with Gasteiger partial charge < -0.3 is 14.8 Å². The smallest absolute Gasteiger partial charge is 0.261 e. The van der Waals surface area contributed by atoms with Crippen LogP contribution in [0.2, 0.25) is 10.0 Å². The summed E-state index contributed by atoms with van der Waals surface area (Å²) in [5.41, 5.74) is 7.75. The molecular formula is C48H45Cl2N7O2. The van der Waals surface area contributed by atoms with Crippen molar-refractivity contribution in [1.82, 2.24) is 24.3 Å². The van der Waals surface area contributed by atoms with E-state index in [1.54, 1.807) is 0 Å². The van der Waals surface area contributed by atoms with E-state index in [0.29, 0.717) is 34.3 Å². The Labute approximate surface area is 353 Å². The Balaban J connectivity index is 0.817. The van der Waals surface area contributed by atoms with Gasteiger partial charge in [0.15, 0.2) is 0 Å². The molecule has 1 saturated heterocycles. The van der Waals surface area contributed by atoms with Crippen molar-refractivity contribution >= 4 is 68.2 Å². The lowest BCUT2D eigenvalue weighted by Gasteiger charge is -2.34. The Hall–Kier alpha value is -5.58. The van der Waals surface area contributed by atoms with Gasteiger partial charge in [-0.25, -0.2) is 4.98 Å². The highest BCUT2D eigenvalue weighted by Crippen LogP contribution is 2.32. The van der Waals surface area contributed by atoms with Gasteiger partial charge >= 0.3 is 0 Å². The highest BCUT2D eigenvalue weighted by molar-refractivity contribution is 6.31. The van der Waals surface area contributed by atoms with E-state index < -0.39 is 0 Å². The highest BCUT2D eigenvalue weighted by Gasteiger charge is 2.32. The molecule has 0 radical (unpaired) electrons. The summed E-state index contributed by atoms with van der Waals surface area (Å²) in [6, 6.07) is 39.4. The number of unbranched alkanes of at least 4 members (excludes halogenated alkanes) is 3. The molecule has 5 aromatic rings. The predicted molar refractivity (Wildman–Crippen MR) is 239 cm³/mol. The van der Waals surface area contributed by atoms with Gasteiger partial charge in [-0.05, 0) is 110 Å². The number of carbonyl (C=O) groups excluding carboxylic acids is 2. The zero-order valence-electron chi connectivity index (χ0n) is 32.8. The number of hydrogen-bond acceptors (Lipinski definition) is 7. The van der Waals surface area contributed by atoms with Crippen LogP contribution in [0.15, 0.2) is 126 Å². The van der Waals surface area contributed by atoms with E-state index in [9.17, 15) is 9.59 Å². The van der Waals surface area contributed by atoms with E-state index in [1.165, 1.54) is 4.90 Å². The van der Waals surface area contributed by atoms with Gasteiger partial charge in [0, 0.05) is 77.2 Å². The number of hydrogen-bond donors (Lipinski definition) is 1. The van der Waals surface area contributed by atoms with E-state index in [2.05, 4.69) is 37.9 Å². The van der Waals surface area contributed by atoms with Crippen LogP contribution in [0.3, 0.4) is 0 Å². The number of amides is 2. The lowest BCUT2D eigenvalue weighted by molar-refractivity contribution is 0.0607. The minimum atomic E-state index is -0.175. The molecule has 4 aliphatic rings. The largest absolute Gasteiger partial charge is 0.354 e. The molecule has 1 aliphatic carbocycles. The molecule has 3 heterocycles. The Morgan fingerprint density at radius 3 is 1.97 bits per heavy atom. The number of piperazine rings is 1. The molecule has 59 heavy (non-hydrogen) atoms. The van der Waals surface area contributed by atoms with Crippen molar-refractivity contribution < 1.29 is 9.59 Å². The fourth-order valence-electron chi connectivity index (χ4n) is 8.42. The van der Waals surface area contributed by atoms with E-state index >= 15 is 0 Å². The number of fused-ring (bicyclic) bond motifs is 2. The number of imide groups is 1. The van der Waals surface area contributed by atoms with Gasteiger partial charge in [0.1, 0.15) is 0 Å². The summed E-state index contributed by atoms with van der Waals surface area (Å²) in [7, 11) is 0. The zero-order valence-corrected chi connectivity index (χ0v) is 34.3. The van der Waals surface area contributed by atoms with Gasteiger partial charge in [0.25, 0.3) is 11.8 Å². The van der Waals surface area contributed by atoms with Crippen molar-refractivity contribution in [3.63, 3.8) is 0 Å². The highest BCUT2D eigenvalue weighted by atomic mass is 35.5. The molecule has 11 heteroatoms. The minimum absolute atomic E-state index is 0.175. The van der Waals surface area contributed by atoms with Gasteiger partial charge in [0.05, 0.1) is 40.0 Å². The van der Waals surface area contributed by atoms with Crippen LogP contribution in [-0.2, 0) is 0 Å². The van der Waals surface area contributed by atoms with E-state index in [4.69, 9.17) is 33.2 Å². The van der Waals surface area contributed by atoms with Crippen molar-refractivity contribution in [3.05, 3.63) is 148 Å². The van der Waals surface area contributed by atoms with Crippen LogP contribution in [0, 0.1) is 0 Å². The van der Waals surface area contributed by atoms with Crippen LogP contribution in [0.1, 0.15) is 46.4 Å². The second kappa shape index (κ2) is 17.3. The van der Waals surface area contributed by atoms with Gasteiger partial charge in [0.2, 0.25) is 0 Å². The van der Waals surface area contributed by atoms with E-state index in [0.717, 1.165) is 121 Å². The first kappa shape index (κ1) is 38.9. The normalized spacial score (nSPS) is 15.2. The van der Waals surface area contributed by atoms with Crippen molar-refractivity contribution in [2.45, 2.75) is 25.7 Å². The van der Waals surface area contributed by atoms with Crippen molar-refractivity contribution in [1.29, 1.82) is 0 Å². The number of halogens is 2. The molecule has 0 saturated carbocycles. The molecule has 0 atom stereocenters. The van der Waals surface area contributed by atoms with Gasteiger partial charge in [-0.15, -0.1) is 0 Å². The molecule has 2 amide bonds. The number of nitrogens with one attached hydrogen (secondary N) is 1. The van der Waals surface area contributed by atoms with E-state index in [1.807, 2.05) is 103 Å². The molecule has 0 bridgehead atoms. The molecule has 0 unspecified atom stereocenters.